The summed E-state index contributed by atoms with van der Waals surface area (Å²) in [6, 6.07) is 11.8. The highest BCUT2D eigenvalue weighted by Gasteiger charge is 2.17. The summed E-state index contributed by atoms with van der Waals surface area (Å²) in [5.74, 6) is 1.15. The smallest absolute Gasteiger partial charge is 0.238 e. The van der Waals surface area contributed by atoms with Crippen molar-refractivity contribution < 1.29 is 4.74 Å². The fraction of sp³-hybridized carbons (Fsp3) is 0.312. The maximum Gasteiger partial charge on any atom is 0.238 e. The Morgan fingerprint density at radius 2 is 1.80 bits per heavy atom. The van der Waals surface area contributed by atoms with Crippen molar-refractivity contribution >= 4 is 17.2 Å². The van der Waals surface area contributed by atoms with E-state index in [2.05, 4.69) is 37.1 Å². The molecule has 0 bridgehead atoms. The molecule has 1 aromatic carbocycles. The van der Waals surface area contributed by atoms with Gasteiger partial charge in [0, 0.05) is 5.69 Å². The van der Waals surface area contributed by atoms with Gasteiger partial charge in [0.05, 0.1) is 12.8 Å². The standard InChI is InChI=1S/C16H21N3O/c1-16(2,3)11-7-5-6-8-13(11)18-14-10-9-12(17)15(19-14)20-4/h5-10H,17H2,1-4H3,(H,18,19). The first-order valence-electron chi connectivity index (χ1n) is 6.59. The van der Waals surface area contributed by atoms with E-state index < -0.39 is 0 Å². The van der Waals surface area contributed by atoms with Crippen molar-refractivity contribution in [2.45, 2.75) is 26.2 Å². The van der Waals surface area contributed by atoms with Crippen molar-refractivity contribution in [3.05, 3.63) is 42.0 Å². The first-order chi connectivity index (χ1) is 9.41. The van der Waals surface area contributed by atoms with Gasteiger partial charge in [-0.1, -0.05) is 39.0 Å². The molecule has 0 aliphatic carbocycles. The number of aromatic nitrogens is 1. The van der Waals surface area contributed by atoms with Crippen LogP contribution in [-0.4, -0.2) is 12.1 Å². The van der Waals surface area contributed by atoms with Crippen LogP contribution in [0.25, 0.3) is 0 Å². The molecule has 4 nitrogen and oxygen atoms in total. The average molecular weight is 271 g/mol. The van der Waals surface area contributed by atoms with Crippen LogP contribution < -0.4 is 15.8 Å². The molecule has 0 radical (unpaired) electrons. The molecule has 1 heterocycles. The monoisotopic (exact) mass is 271 g/mol. The number of hydrogen-bond donors (Lipinski definition) is 2. The Bertz CT molecular complexity index is 603. The highest BCUT2D eigenvalue weighted by atomic mass is 16.5. The zero-order chi connectivity index (χ0) is 14.8. The number of nitrogens with one attached hydrogen (secondary N) is 1. The molecule has 2 aromatic rings. The Labute approximate surface area is 120 Å². The first kappa shape index (κ1) is 14.2. The molecular formula is C16H21N3O. The predicted octanol–water partition coefficient (Wildman–Crippen LogP) is 3.71. The van der Waals surface area contributed by atoms with Gasteiger partial charge in [0.15, 0.2) is 0 Å². The number of methoxy groups -OCH3 is 1. The number of benzene rings is 1. The minimum Gasteiger partial charge on any atom is -0.479 e. The van der Waals surface area contributed by atoms with E-state index in [9.17, 15) is 0 Å². The van der Waals surface area contributed by atoms with Gasteiger partial charge in [-0.2, -0.15) is 4.98 Å². The topological polar surface area (TPSA) is 60.2 Å². The van der Waals surface area contributed by atoms with Gasteiger partial charge in [-0.05, 0) is 29.2 Å². The van der Waals surface area contributed by atoms with E-state index in [-0.39, 0.29) is 5.41 Å². The normalized spacial score (nSPS) is 11.2. The Morgan fingerprint density at radius 3 is 2.45 bits per heavy atom. The lowest BCUT2D eigenvalue weighted by Gasteiger charge is -2.23. The molecular weight excluding hydrogens is 250 g/mol. The van der Waals surface area contributed by atoms with Crippen LogP contribution in [0, 0.1) is 0 Å². The molecule has 0 aliphatic rings. The average Bonchev–Trinajstić information content (AvgIpc) is 2.40. The molecule has 4 heteroatoms. The fourth-order valence-electron chi connectivity index (χ4n) is 2.07. The molecule has 0 atom stereocenters. The lowest BCUT2D eigenvalue weighted by Crippen LogP contribution is -2.13. The summed E-state index contributed by atoms with van der Waals surface area (Å²) in [6.07, 6.45) is 0. The molecule has 106 valence electrons. The van der Waals surface area contributed by atoms with Gasteiger partial charge in [0.2, 0.25) is 5.88 Å². The van der Waals surface area contributed by atoms with E-state index in [0.29, 0.717) is 17.4 Å². The summed E-state index contributed by atoms with van der Waals surface area (Å²) in [4.78, 5) is 4.35. The third-order valence-electron chi connectivity index (χ3n) is 3.08. The third-order valence-corrected chi connectivity index (χ3v) is 3.08. The highest BCUT2D eigenvalue weighted by Crippen LogP contribution is 2.31. The van der Waals surface area contributed by atoms with Crippen LogP contribution in [0.1, 0.15) is 26.3 Å². The molecule has 1 aromatic heterocycles. The number of anilines is 3. The number of hydrogen-bond acceptors (Lipinski definition) is 4. The van der Waals surface area contributed by atoms with Crippen LogP contribution >= 0.6 is 0 Å². The van der Waals surface area contributed by atoms with E-state index in [0.717, 1.165) is 5.69 Å². The quantitative estimate of drug-likeness (QED) is 0.893. The maximum absolute atomic E-state index is 5.78. The minimum absolute atomic E-state index is 0.0570. The number of ether oxygens (including phenoxy) is 1. The number of nitrogens with zero attached hydrogens (tertiary/aromatic N) is 1. The van der Waals surface area contributed by atoms with Gasteiger partial charge < -0.3 is 15.8 Å². The molecule has 0 spiro atoms. The van der Waals surface area contributed by atoms with Gasteiger partial charge >= 0.3 is 0 Å². The molecule has 0 aliphatic heterocycles. The van der Waals surface area contributed by atoms with Gasteiger partial charge in [-0.25, -0.2) is 0 Å². The summed E-state index contributed by atoms with van der Waals surface area (Å²) < 4.78 is 5.14. The van der Waals surface area contributed by atoms with Crippen LogP contribution in [0.2, 0.25) is 0 Å². The Balaban J connectivity index is 2.36. The zero-order valence-corrected chi connectivity index (χ0v) is 12.4. The Hall–Kier alpha value is -2.23. The number of nitrogens with two attached hydrogens (primary N) is 1. The van der Waals surface area contributed by atoms with E-state index in [1.54, 1.807) is 13.2 Å². The van der Waals surface area contributed by atoms with Gasteiger partial charge in [-0.15, -0.1) is 0 Å². The van der Waals surface area contributed by atoms with Gasteiger partial charge in [0.1, 0.15) is 5.82 Å². The van der Waals surface area contributed by atoms with Crippen molar-refractivity contribution in [1.29, 1.82) is 0 Å². The van der Waals surface area contributed by atoms with Crippen LogP contribution in [0.5, 0.6) is 5.88 Å². The highest BCUT2D eigenvalue weighted by molar-refractivity contribution is 5.64. The molecule has 20 heavy (non-hydrogen) atoms. The van der Waals surface area contributed by atoms with Crippen LogP contribution in [-0.2, 0) is 5.41 Å². The molecule has 0 saturated heterocycles. The van der Waals surface area contributed by atoms with Crippen molar-refractivity contribution in [1.82, 2.24) is 4.98 Å². The summed E-state index contributed by atoms with van der Waals surface area (Å²) in [6.45, 7) is 6.56. The summed E-state index contributed by atoms with van der Waals surface area (Å²) in [5, 5.41) is 3.33. The van der Waals surface area contributed by atoms with Crippen molar-refractivity contribution in [3.63, 3.8) is 0 Å². The number of nitrogen functional groups attached to an aromatic ring is 1. The summed E-state index contributed by atoms with van der Waals surface area (Å²) >= 11 is 0. The van der Waals surface area contributed by atoms with Crippen LogP contribution in [0.3, 0.4) is 0 Å². The van der Waals surface area contributed by atoms with Crippen molar-refractivity contribution in [3.8, 4) is 5.88 Å². The number of rotatable bonds is 3. The van der Waals surface area contributed by atoms with Crippen LogP contribution in [0.4, 0.5) is 17.2 Å². The van der Waals surface area contributed by atoms with Crippen molar-refractivity contribution in [2.75, 3.05) is 18.2 Å². The second-order valence-corrected chi connectivity index (χ2v) is 5.72. The van der Waals surface area contributed by atoms with Gasteiger partial charge in [0.25, 0.3) is 0 Å². The lowest BCUT2D eigenvalue weighted by molar-refractivity contribution is 0.401. The van der Waals surface area contributed by atoms with E-state index >= 15 is 0 Å². The summed E-state index contributed by atoms with van der Waals surface area (Å²) in [7, 11) is 1.56. The SMILES string of the molecule is COc1nc(Nc2ccccc2C(C)(C)C)ccc1N. The van der Waals surface area contributed by atoms with Gasteiger partial charge in [-0.3, -0.25) is 0 Å². The molecule has 0 amide bonds. The second-order valence-electron chi connectivity index (χ2n) is 5.72. The predicted molar refractivity (Wildman–Crippen MR) is 83.6 cm³/mol. The molecule has 0 unspecified atom stereocenters. The molecule has 0 saturated carbocycles. The van der Waals surface area contributed by atoms with E-state index in [1.807, 2.05) is 24.3 Å². The Morgan fingerprint density at radius 1 is 1.10 bits per heavy atom. The van der Waals surface area contributed by atoms with Crippen molar-refractivity contribution in [2.24, 2.45) is 0 Å². The molecule has 2 rings (SSSR count). The molecule has 3 N–H and O–H groups in total. The van der Waals surface area contributed by atoms with E-state index in [1.165, 1.54) is 5.56 Å². The lowest BCUT2D eigenvalue weighted by atomic mass is 9.86. The van der Waals surface area contributed by atoms with E-state index in [4.69, 9.17) is 10.5 Å². The maximum atomic E-state index is 5.78. The second kappa shape index (κ2) is 5.41. The largest absolute Gasteiger partial charge is 0.479 e. The summed E-state index contributed by atoms with van der Waals surface area (Å²) in [5.41, 5.74) is 8.64. The fourth-order valence-corrected chi connectivity index (χ4v) is 2.07. The minimum atomic E-state index is 0.0570. The number of para-hydroxylation sites is 1. The third kappa shape index (κ3) is 3.02. The molecule has 0 fully saturated rings. The Kier molecular flexibility index (Phi) is 3.84. The first-order valence-corrected chi connectivity index (χ1v) is 6.59. The number of pyridine rings is 1. The zero-order valence-electron chi connectivity index (χ0n) is 12.4. The van der Waals surface area contributed by atoms with Crippen LogP contribution in [0.15, 0.2) is 36.4 Å².